The maximum absolute atomic E-state index is 13.4. The lowest BCUT2D eigenvalue weighted by Gasteiger charge is -2.54. The van der Waals surface area contributed by atoms with Gasteiger partial charge in [-0.05, 0) is 44.2 Å². The van der Waals surface area contributed by atoms with E-state index in [-0.39, 0.29) is 40.6 Å². The summed E-state index contributed by atoms with van der Waals surface area (Å²) in [6.07, 6.45) is 5.01. The second-order valence-electron chi connectivity index (χ2n) is 10.5. The average molecular weight is 498 g/mol. The van der Waals surface area contributed by atoms with Crippen molar-refractivity contribution in [3.8, 4) is 0 Å². The van der Waals surface area contributed by atoms with E-state index in [0.29, 0.717) is 63.6 Å². The number of hydrogen-bond donors (Lipinski definition) is 2. The molecule has 10 heteroatoms. The summed E-state index contributed by atoms with van der Waals surface area (Å²) in [7, 11) is 0. The van der Waals surface area contributed by atoms with E-state index in [1.165, 1.54) is 6.33 Å². The van der Waals surface area contributed by atoms with Gasteiger partial charge in [0.2, 0.25) is 5.91 Å². The first-order valence-electron chi connectivity index (χ1n) is 12.2. The summed E-state index contributed by atoms with van der Waals surface area (Å²) in [5, 5.41) is 3.63. The van der Waals surface area contributed by atoms with E-state index in [1.807, 2.05) is 18.2 Å². The predicted octanol–water partition coefficient (Wildman–Crippen LogP) is 2.63. The molecule has 0 radical (unpaired) electrons. The van der Waals surface area contributed by atoms with Crippen LogP contribution in [0.3, 0.4) is 0 Å². The second-order valence-corrected chi connectivity index (χ2v) is 10.9. The van der Waals surface area contributed by atoms with Crippen molar-refractivity contribution in [3.63, 3.8) is 0 Å². The molecule has 2 N–H and O–H groups in total. The largest absolute Gasteiger partial charge is 0.380 e. The van der Waals surface area contributed by atoms with Crippen molar-refractivity contribution in [1.82, 2.24) is 20.2 Å². The molecule has 3 amide bonds. The number of H-pyrrole nitrogens is 1. The Morgan fingerprint density at radius 1 is 1.14 bits per heavy atom. The van der Waals surface area contributed by atoms with Gasteiger partial charge < -0.3 is 24.8 Å². The van der Waals surface area contributed by atoms with Gasteiger partial charge in [-0.2, -0.15) is 0 Å². The average Bonchev–Trinajstić information content (AvgIpc) is 3.40. The van der Waals surface area contributed by atoms with E-state index in [1.54, 1.807) is 15.9 Å². The molecule has 1 aromatic carbocycles. The molecule has 0 unspecified atom stereocenters. The van der Waals surface area contributed by atoms with Crippen LogP contribution in [0, 0.1) is 10.8 Å². The molecule has 0 atom stereocenters. The highest BCUT2D eigenvalue weighted by atomic mass is 35.5. The lowest BCUT2D eigenvalue weighted by atomic mass is 9.71. The van der Waals surface area contributed by atoms with Crippen molar-refractivity contribution in [2.75, 3.05) is 37.7 Å². The normalized spacial score (nSPS) is 27.1. The molecule has 6 rings (SSSR count). The van der Waals surface area contributed by atoms with Gasteiger partial charge in [0, 0.05) is 25.7 Å². The quantitative estimate of drug-likeness (QED) is 0.675. The molecule has 2 aromatic rings. The molecule has 2 spiro atoms. The number of anilines is 1. The van der Waals surface area contributed by atoms with E-state index in [0.717, 1.165) is 12.1 Å². The fraction of sp³-hybridized carbons (Fsp3) is 0.520. The van der Waals surface area contributed by atoms with Gasteiger partial charge in [0.15, 0.2) is 5.69 Å². The number of para-hydroxylation sites is 1. The maximum Gasteiger partial charge on any atom is 0.272 e. The van der Waals surface area contributed by atoms with Crippen LogP contribution in [-0.2, 0) is 9.53 Å². The summed E-state index contributed by atoms with van der Waals surface area (Å²) in [6.45, 7) is 3.33. The molecule has 35 heavy (non-hydrogen) atoms. The highest BCUT2D eigenvalue weighted by molar-refractivity contribution is 6.34. The van der Waals surface area contributed by atoms with Gasteiger partial charge in [-0.25, -0.2) is 4.98 Å². The van der Waals surface area contributed by atoms with Crippen LogP contribution in [0.15, 0.2) is 30.6 Å². The highest BCUT2D eigenvalue weighted by Gasteiger charge is 2.52. The Morgan fingerprint density at radius 2 is 1.89 bits per heavy atom. The number of ether oxygens (including phenoxy) is 1. The summed E-state index contributed by atoms with van der Waals surface area (Å²) in [4.78, 5) is 49.8. The lowest BCUT2D eigenvalue weighted by molar-refractivity contribution is -0.176. The van der Waals surface area contributed by atoms with Crippen LogP contribution in [0.25, 0.3) is 0 Å². The Balaban J connectivity index is 1.06. The predicted molar refractivity (Wildman–Crippen MR) is 128 cm³/mol. The first kappa shape index (κ1) is 22.5. The Morgan fingerprint density at radius 3 is 2.57 bits per heavy atom. The van der Waals surface area contributed by atoms with Crippen LogP contribution >= 0.6 is 11.6 Å². The number of benzene rings is 1. The minimum atomic E-state index is -0.396. The first-order chi connectivity index (χ1) is 16.9. The summed E-state index contributed by atoms with van der Waals surface area (Å²) >= 11 is 6.34. The summed E-state index contributed by atoms with van der Waals surface area (Å²) < 4.78 is 5.27. The van der Waals surface area contributed by atoms with Gasteiger partial charge in [-0.3, -0.25) is 14.4 Å². The van der Waals surface area contributed by atoms with Crippen molar-refractivity contribution in [2.45, 2.75) is 38.1 Å². The zero-order valence-corrected chi connectivity index (χ0v) is 20.1. The van der Waals surface area contributed by atoms with Gasteiger partial charge in [-0.15, -0.1) is 0 Å². The molecule has 4 aliphatic rings. The van der Waals surface area contributed by atoms with Gasteiger partial charge in [0.1, 0.15) is 5.69 Å². The molecular weight excluding hydrogens is 470 g/mol. The van der Waals surface area contributed by atoms with Gasteiger partial charge in [-0.1, -0.05) is 23.7 Å². The fourth-order valence-electron chi connectivity index (χ4n) is 6.02. The molecule has 1 aliphatic carbocycles. The number of aromatic nitrogens is 2. The van der Waals surface area contributed by atoms with E-state index < -0.39 is 5.41 Å². The molecule has 1 aromatic heterocycles. The van der Waals surface area contributed by atoms with Crippen molar-refractivity contribution < 1.29 is 19.1 Å². The summed E-state index contributed by atoms with van der Waals surface area (Å²) in [5.74, 6) is -0.433. The lowest BCUT2D eigenvalue weighted by Crippen LogP contribution is -2.67. The topological polar surface area (TPSA) is 108 Å². The molecule has 184 valence electrons. The fourth-order valence-corrected chi connectivity index (χ4v) is 6.26. The number of nitrogens with one attached hydrogen (secondary N) is 2. The number of aromatic amines is 1. The minimum absolute atomic E-state index is 0.0608. The third-order valence-corrected chi connectivity index (χ3v) is 8.48. The number of amides is 3. The van der Waals surface area contributed by atoms with E-state index in [2.05, 4.69) is 15.3 Å². The number of rotatable bonds is 4. The summed E-state index contributed by atoms with van der Waals surface area (Å²) in [6, 6.07) is 7.37. The van der Waals surface area contributed by atoms with Gasteiger partial charge in [0.25, 0.3) is 11.8 Å². The number of imidazole rings is 1. The Hall–Kier alpha value is -2.91. The van der Waals surface area contributed by atoms with Crippen molar-refractivity contribution >= 4 is 35.0 Å². The number of carbonyl (C=O) groups excluding carboxylic acids is 3. The Kier molecular flexibility index (Phi) is 5.37. The van der Waals surface area contributed by atoms with E-state index in [9.17, 15) is 14.4 Å². The smallest absolute Gasteiger partial charge is 0.272 e. The van der Waals surface area contributed by atoms with Crippen LogP contribution in [0.4, 0.5) is 5.69 Å². The monoisotopic (exact) mass is 497 g/mol. The van der Waals surface area contributed by atoms with Crippen molar-refractivity contribution in [1.29, 1.82) is 0 Å². The van der Waals surface area contributed by atoms with Crippen LogP contribution in [0.1, 0.15) is 53.1 Å². The first-order valence-corrected chi connectivity index (χ1v) is 12.6. The molecule has 3 saturated heterocycles. The highest BCUT2D eigenvalue weighted by Crippen LogP contribution is 2.47. The molecule has 4 heterocycles. The number of carbonyl (C=O) groups is 3. The molecule has 4 fully saturated rings. The number of nitrogens with zero attached hydrogens (tertiary/aromatic N) is 3. The molecule has 9 nitrogen and oxygen atoms in total. The van der Waals surface area contributed by atoms with Crippen LogP contribution in [-0.4, -0.2) is 71.5 Å². The summed E-state index contributed by atoms with van der Waals surface area (Å²) in [5.41, 5.74) is 0.830. The van der Waals surface area contributed by atoms with Crippen LogP contribution < -0.4 is 10.2 Å². The number of hydrogen-bond acceptors (Lipinski definition) is 5. The van der Waals surface area contributed by atoms with E-state index in [4.69, 9.17) is 16.3 Å². The second kappa shape index (κ2) is 8.34. The Labute approximate surface area is 208 Å². The molecule has 3 aliphatic heterocycles. The zero-order valence-electron chi connectivity index (χ0n) is 19.4. The van der Waals surface area contributed by atoms with Crippen LogP contribution in [0.2, 0.25) is 5.02 Å². The third-order valence-electron chi connectivity index (χ3n) is 8.16. The molecule has 0 bridgehead atoms. The maximum atomic E-state index is 13.4. The SMILES string of the molecule is O=C(NC1CCC2(CC1)CCN(c1ccccc1Cl)C2=O)c1nc[nH]c1C(=O)N1CC2(COC2)C1. The van der Waals surface area contributed by atoms with Crippen LogP contribution in [0.5, 0.6) is 0 Å². The van der Waals surface area contributed by atoms with Crippen molar-refractivity contribution in [2.24, 2.45) is 10.8 Å². The zero-order chi connectivity index (χ0) is 24.2. The standard InChI is InChI=1S/C25H28ClN5O4/c26-17-3-1-2-4-18(17)31-10-9-25(23(31)34)7-5-16(6-8-25)29-21(32)19-20(28-15-27-19)22(33)30-11-24(12-30)13-35-14-24/h1-4,15-16H,5-14H2,(H,27,28)(H,29,32). The minimum Gasteiger partial charge on any atom is -0.380 e. The van der Waals surface area contributed by atoms with Crippen molar-refractivity contribution in [3.05, 3.63) is 47.0 Å². The third kappa shape index (κ3) is 3.72. The number of halogens is 1. The van der Waals surface area contributed by atoms with E-state index >= 15 is 0 Å². The number of likely N-dealkylation sites (tertiary alicyclic amines) is 1. The molecular formula is C25H28ClN5O4. The van der Waals surface area contributed by atoms with Gasteiger partial charge in [0.05, 0.1) is 41.1 Å². The Bertz CT molecular complexity index is 1180. The molecule has 1 saturated carbocycles. The van der Waals surface area contributed by atoms with Gasteiger partial charge >= 0.3 is 0 Å².